The number of aryl methyl sites for hydroxylation is 2. The molecule has 0 fully saturated rings. The lowest BCUT2D eigenvalue weighted by atomic mass is 9.88. The molecule has 1 nitrogen and oxygen atoms in total. The maximum absolute atomic E-state index is 2.52. The van der Waals surface area contributed by atoms with E-state index in [2.05, 4.69) is 101 Å². The summed E-state index contributed by atoms with van der Waals surface area (Å²) in [5.74, 6) is 0. The molecule has 144 valence electrons. The van der Waals surface area contributed by atoms with Gasteiger partial charge in [0.2, 0.25) is 16.9 Å². The van der Waals surface area contributed by atoms with Crippen molar-refractivity contribution in [1.29, 1.82) is 0 Å². The largest absolute Gasteiger partial charge is 0.223 e. The van der Waals surface area contributed by atoms with Crippen molar-refractivity contribution in [2.45, 2.75) is 25.7 Å². The van der Waals surface area contributed by atoms with Gasteiger partial charge in [-0.05, 0) is 67.0 Å². The summed E-state index contributed by atoms with van der Waals surface area (Å²) >= 11 is 0. The zero-order chi connectivity index (χ0) is 19.9. The molecule has 6 rings (SSSR count). The molecule has 0 radical (unpaired) electrons. The molecule has 0 amide bonds. The van der Waals surface area contributed by atoms with Crippen LogP contribution in [0.5, 0.6) is 0 Å². The monoisotopic (exact) mass is 386 g/mol. The molecular formula is C29H24N+. The van der Waals surface area contributed by atoms with Crippen molar-refractivity contribution >= 4 is 16.3 Å². The number of fused-ring (bicyclic) bond motifs is 5. The minimum absolute atomic E-state index is 1.16. The van der Waals surface area contributed by atoms with E-state index in [1.54, 1.807) is 0 Å². The Hall–Kier alpha value is -3.45. The smallest absolute Gasteiger partial charge is 0.152 e. The Balaban J connectivity index is 1.86. The molecule has 0 saturated carbocycles. The third-order valence-corrected chi connectivity index (χ3v) is 6.46. The lowest BCUT2D eigenvalue weighted by Crippen LogP contribution is -2.31. The first-order valence-corrected chi connectivity index (χ1v) is 10.9. The first-order valence-electron chi connectivity index (χ1n) is 10.9. The third-order valence-electron chi connectivity index (χ3n) is 6.46. The van der Waals surface area contributed by atoms with Crippen molar-refractivity contribution in [2.24, 2.45) is 0 Å². The minimum atomic E-state index is 1.16. The summed E-state index contributed by atoms with van der Waals surface area (Å²) in [6.45, 7) is 0. The highest BCUT2D eigenvalue weighted by molar-refractivity contribution is 5.97. The van der Waals surface area contributed by atoms with Gasteiger partial charge in [0, 0.05) is 28.8 Å². The number of benzene rings is 3. The van der Waals surface area contributed by atoms with Gasteiger partial charge < -0.3 is 0 Å². The molecule has 1 aliphatic carbocycles. The fourth-order valence-corrected chi connectivity index (χ4v) is 5.07. The van der Waals surface area contributed by atoms with Crippen molar-refractivity contribution in [1.82, 2.24) is 0 Å². The lowest BCUT2D eigenvalue weighted by Gasteiger charge is -2.18. The molecule has 0 N–H and O–H groups in total. The Labute approximate surface area is 177 Å². The normalized spacial score (nSPS) is 13.5. The van der Waals surface area contributed by atoms with Gasteiger partial charge in [0.25, 0.3) is 0 Å². The molecule has 1 aliphatic rings. The van der Waals surface area contributed by atoms with Crippen LogP contribution in [0.4, 0.5) is 0 Å². The van der Waals surface area contributed by atoms with Crippen molar-refractivity contribution in [3.8, 4) is 22.5 Å². The molecule has 0 bridgehead atoms. The first kappa shape index (κ1) is 17.4. The molecule has 0 unspecified atom stereocenters. The first-order chi connectivity index (χ1) is 14.9. The highest BCUT2D eigenvalue weighted by Crippen LogP contribution is 2.34. The van der Waals surface area contributed by atoms with E-state index in [0.29, 0.717) is 0 Å². The van der Waals surface area contributed by atoms with Crippen LogP contribution >= 0.6 is 0 Å². The van der Waals surface area contributed by atoms with E-state index in [9.17, 15) is 0 Å². The topological polar surface area (TPSA) is 4.10 Å². The van der Waals surface area contributed by atoms with Gasteiger partial charge in [0.15, 0.2) is 0 Å². The molecule has 2 heterocycles. The molecule has 0 atom stereocenters. The van der Waals surface area contributed by atoms with Gasteiger partial charge in [-0.25, -0.2) is 0 Å². The van der Waals surface area contributed by atoms with Crippen LogP contribution in [0.15, 0.2) is 97.1 Å². The number of aromatic nitrogens is 1. The Bertz CT molecular complexity index is 1370. The summed E-state index contributed by atoms with van der Waals surface area (Å²) in [5, 5.41) is 2.67. The molecule has 30 heavy (non-hydrogen) atoms. The van der Waals surface area contributed by atoms with Gasteiger partial charge in [-0.3, -0.25) is 0 Å². The highest BCUT2D eigenvalue weighted by Gasteiger charge is 2.28. The summed E-state index contributed by atoms with van der Waals surface area (Å²) in [4.78, 5) is 0. The van der Waals surface area contributed by atoms with E-state index >= 15 is 0 Å². The molecule has 0 aliphatic heterocycles. The number of nitrogens with zero attached hydrogens (tertiary/aromatic N) is 1. The van der Waals surface area contributed by atoms with Crippen LogP contribution in [0.2, 0.25) is 0 Å². The Kier molecular flexibility index (Phi) is 4.12. The summed E-state index contributed by atoms with van der Waals surface area (Å²) in [6.07, 6.45) is 4.90. The van der Waals surface area contributed by atoms with E-state index in [4.69, 9.17) is 0 Å². The second-order valence-corrected chi connectivity index (χ2v) is 8.27. The number of hydrogen-bond donors (Lipinski definition) is 0. The van der Waals surface area contributed by atoms with Gasteiger partial charge in [0.1, 0.15) is 0 Å². The predicted molar refractivity (Wildman–Crippen MR) is 125 cm³/mol. The van der Waals surface area contributed by atoms with Crippen LogP contribution < -0.4 is 4.40 Å². The summed E-state index contributed by atoms with van der Waals surface area (Å²) in [6, 6.07) is 35.4. The fraction of sp³-hybridized carbons (Fsp3) is 0.138. The lowest BCUT2D eigenvalue weighted by molar-refractivity contribution is -0.486. The average Bonchev–Trinajstić information content (AvgIpc) is 2.84. The van der Waals surface area contributed by atoms with Gasteiger partial charge in [-0.15, -0.1) is 0 Å². The number of rotatable bonds is 2. The molecular weight excluding hydrogens is 362 g/mol. The Morgan fingerprint density at radius 2 is 1.17 bits per heavy atom. The maximum Gasteiger partial charge on any atom is 0.223 e. The van der Waals surface area contributed by atoms with Crippen LogP contribution in [-0.2, 0) is 12.8 Å². The third kappa shape index (κ3) is 2.74. The van der Waals surface area contributed by atoms with E-state index in [1.165, 1.54) is 69.2 Å². The van der Waals surface area contributed by atoms with Crippen LogP contribution in [-0.4, -0.2) is 0 Å². The number of hydrogen-bond acceptors (Lipinski definition) is 0. The fourth-order valence-electron chi connectivity index (χ4n) is 5.07. The molecule has 0 saturated heterocycles. The average molecular weight is 387 g/mol. The van der Waals surface area contributed by atoms with Crippen LogP contribution in [0, 0.1) is 0 Å². The molecule has 0 spiro atoms. The standard InChI is InChI=1S/C29H24N/c1-3-11-21(12-4-1)27-19-23-15-7-9-17-25(23)29-26-18-10-8-16-24(26)20-28(30(27)29)22-13-5-2-6-14-22/h1-7,9,11-15,17,19-20H,8,10,16,18H2/q+1. The SMILES string of the molecule is c1ccc(-c2cc3c(c4c5ccccc5cc(-c5ccccc5)[n+]24)CCCC3)cc1. The highest BCUT2D eigenvalue weighted by atomic mass is 14.9. The molecule has 1 heteroatoms. The van der Waals surface area contributed by atoms with Gasteiger partial charge in [0.05, 0.1) is 5.39 Å². The zero-order valence-electron chi connectivity index (χ0n) is 17.0. The van der Waals surface area contributed by atoms with Crippen molar-refractivity contribution in [2.75, 3.05) is 0 Å². The Morgan fingerprint density at radius 3 is 1.90 bits per heavy atom. The van der Waals surface area contributed by atoms with Gasteiger partial charge >= 0.3 is 0 Å². The molecule has 5 aromatic rings. The summed E-state index contributed by atoms with van der Waals surface area (Å²) in [5.41, 5.74) is 9.53. The van der Waals surface area contributed by atoms with Crippen LogP contribution in [0.25, 0.3) is 38.8 Å². The van der Waals surface area contributed by atoms with E-state index < -0.39 is 0 Å². The molecule has 3 aromatic carbocycles. The minimum Gasteiger partial charge on any atom is -0.152 e. The Morgan fingerprint density at radius 1 is 0.567 bits per heavy atom. The second-order valence-electron chi connectivity index (χ2n) is 8.27. The maximum atomic E-state index is 2.52. The predicted octanol–water partition coefficient (Wildman–Crippen LogP) is 6.79. The van der Waals surface area contributed by atoms with Crippen molar-refractivity contribution in [3.63, 3.8) is 0 Å². The van der Waals surface area contributed by atoms with Crippen LogP contribution in [0.3, 0.4) is 0 Å². The van der Waals surface area contributed by atoms with Crippen LogP contribution in [0.1, 0.15) is 24.0 Å². The van der Waals surface area contributed by atoms with E-state index in [-0.39, 0.29) is 0 Å². The van der Waals surface area contributed by atoms with E-state index in [0.717, 1.165) is 6.42 Å². The molecule has 2 aromatic heterocycles. The quantitative estimate of drug-likeness (QED) is 0.232. The van der Waals surface area contributed by atoms with E-state index in [1.807, 2.05) is 0 Å². The van der Waals surface area contributed by atoms with Gasteiger partial charge in [-0.1, -0.05) is 54.6 Å². The van der Waals surface area contributed by atoms with Gasteiger partial charge in [-0.2, -0.15) is 4.40 Å². The summed E-state index contributed by atoms with van der Waals surface area (Å²) < 4.78 is 2.52. The van der Waals surface area contributed by atoms with Crippen molar-refractivity contribution < 1.29 is 4.40 Å². The summed E-state index contributed by atoms with van der Waals surface area (Å²) in [7, 11) is 0. The second kappa shape index (κ2) is 7.11. The van der Waals surface area contributed by atoms with Crippen molar-refractivity contribution in [3.05, 3.63) is 108 Å². The number of pyridine rings is 2. The zero-order valence-corrected chi connectivity index (χ0v) is 17.0.